The summed E-state index contributed by atoms with van der Waals surface area (Å²) in [6.07, 6.45) is 0. The third-order valence-electron chi connectivity index (χ3n) is 3.55. The first-order valence-corrected chi connectivity index (χ1v) is 7.26. The minimum absolute atomic E-state index is 0.154. The highest BCUT2D eigenvalue weighted by atomic mass is 19.1. The van der Waals surface area contributed by atoms with E-state index in [0.29, 0.717) is 5.39 Å². The van der Waals surface area contributed by atoms with Crippen molar-refractivity contribution in [2.75, 3.05) is 40.4 Å². The Hall–Kier alpha value is -1.49. The molecule has 3 nitrogen and oxygen atoms in total. The predicted molar refractivity (Wildman–Crippen MR) is 85.0 cm³/mol. The smallest absolute Gasteiger partial charge is 0.131 e. The summed E-state index contributed by atoms with van der Waals surface area (Å²) in [5.74, 6) is -0.154. The number of fused-ring (bicyclic) bond motifs is 1. The first kappa shape index (κ1) is 15.9. The van der Waals surface area contributed by atoms with Crippen LogP contribution in [0.2, 0.25) is 0 Å². The molecule has 0 saturated heterocycles. The predicted octanol–water partition coefficient (Wildman–Crippen LogP) is 2.65. The Kier molecular flexibility index (Phi) is 6.11. The fraction of sp³-hybridized carbons (Fsp3) is 0.412. The third kappa shape index (κ3) is 4.49. The van der Waals surface area contributed by atoms with E-state index in [9.17, 15) is 4.39 Å². The maximum Gasteiger partial charge on any atom is 0.131 e. The Balaban J connectivity index is 1.95. The minimum atomic E-state index is -0.154. The van der Waals surface area contributed by atoms with Gasteiger partial charge in [-0.05, 0) is 24.1 Å². The highest BCUT2D eigenvalue weighted by Gasteiger charge is 2.07. The Morgan fingerprint density at radius 2 is 1.86 bits per heavy atom. The summed E-state index contributed by atoms with van der Waals surface area (Å²) in [7, 11) is 3.78. The number of likely N-dealkylation sites (N-methyl/N-ethyl adjacent to an activating group) is 1. The lowest BCUT2D eigenvalue weighted by Gasteiger charge is -2.18. The molecule has 21 heavy (non-hydrogen) atoms. The second-order valence-corrected chi connectivity index (χ2v) is 5.23. The number of methoxy groups -OCH3 is 1. The Morgan fingerprint density at radius 3 is 2.62 bits per heavy atom. The first-order valence-electron chi connectivity index (χ1n) is 7.26. The molecular weight excluding hydrogens is 267 g/mol. The summed E-state index contributed by atoms with van der Waals surface area (Å²) in [4.78, 5) is 2.24. The molecule has 0 fully saturated rings. The lowest BCUT2D eigenvalue weighted by Crippen LogP contribution is -2.30. The topological polar surface area (TPSA) is 24.5 Å². The molecule has 1 N–H and O–H groups in total. The zero-order chi connectivity index (χ0) is 15.1. The minimum Gasteiger partial charge on any atom is -0.383 e. The molecule has 0 aliphatic rings. The van der Waals surface area contributed by atoms with Gasteiger partial charge in [0, 0.05) is 38.7 Å². The lowest BCUT2D eigenvalue weighted by atomic mass is 10.0. The van der Waals surface area contributed by atoms with Gasteiger partial charge >= 0.3 is 0 Å². The van der Waals surface area contributed by atoms with Gasteiger partial charge in [0.15, 0.2) is 0 Å². The average molecular weight is 290 g/mol. The molecule has 0 amide bonds. The van der Waals surface area contributed by atoms with Crippen LogP contribution in [-0.2, 0) is 11.3 Å². The second-order valence-electron chi connectivity index (χ2n) is 5.23. The number of hydrogen-bond donors (Lipinski definition) is 1. The molecule has 0 heterocycles. The van der Waals surface area contributed by atoms with E-state index in [-0.39, 0.29) is 5.82 Å². The number of ether oxygens (including phenoxy) is 1. The van der Waals surface area contributed by atoms with Crippen molar-refractivity contribution in [1.82, 2.24) is 10.2 Å². The van der Waals surface area contributed by atoms with E-state index in [1.807, 2.05) is 30.3 Å². The van der Waals surface area contributed by atoms with Gasteiger partial charge in [0.05, 0.1) is 6.61 Å². The molecule has 0 aliphatic heterocycles. The quantitative estimate of drug-likeness (QED) is 0.756. The Morgan fingerprint density at radius 1 is 1.10 bits per heavy atom. The molecule has 0 saturated carbocycles. The van der Waals surface area contributed by atoms with Gasteiger partial charge in [0.2, 0.25) is 0 Å². The van der Waals surface area contributed by atoms with Gasteiger partial charge in [-0.1, -0.05) is 30.3 Å². The van der Waals surface area contributed by atoms with E-state index in [4.69, 9.17) is 4.74 Å². The van der Waals surface area contributed by atoms with E-state index in [1.54, 1.807) is 13.2 Å². The van der Waals surface area contributed by atoms with Crippen molar-refractivity contribution in [2.24, 2.45) is 0 Å². The van der Waals surface area contributed by atoms with Crippen molar-refractivity contribution in [2.45, 2.75) is 6.54 Å². The van der Waals surface area contributed by atoms with Crippen molar-refractivity contribution in [3.63, 3.8) is 0 Å². The van der Waals surface area contributed by atoms with Crippen LogP contribution in [0, 0.1) is 5.82 Å². The van der Waals surface area contributed by atoms with Crippen LogP contribution in [0.25, 0.3) is 10.8 Å². The van der Waals surface area contributed by atoms with Crippen molar-refractivity contribution in [3.8, 4) is 0 Å². The number of benzene rings is 2. The molecule has 4 heteroatoms. The molecule has 0 unspecified atom stereocenters. The largest absolute Gasteiger partial charge is 0.383 e. The Labute approximate surface area is 125 Å². The molecule has 0 aromatic heterocycles. The average Bonchev–Trinajstić information content (AvgIpc) is 2.50. The SMILES string of the molecule is COCCNCCN(C)Cc1ccc(F)c2ccccc12. The monoisotopic (exact) mass is 290 g/mol. The fourth-order valence-corrected chi connectivity index (χ4v) is 2.40. The van der Waals surface area contributed by atoms with Gasteiger partial charge < -0.3 is 15.0 Å². The highest BCUT2D eigenvalue weighted by molar-refractivity contribution is 5.86. The molecule has 0 spiro atoms. The second kappa shape index (κ2) is 8.08. The normalized spacial score (nSPS) is 11.4. The molecule has 0 atom stereocenters. The maximum absolute atomic E-state index is 13.8. The van der Waals surface area contributed by atoms with Crippen LogP contribution in [-0.4, -0.2) is 45.3 Å². The lowest BCUT2D eigenvalue weighted by molar-refractivity contribution is 0.197. The van der Waals surface area contributed by atoms with E-state index >= 15 is 0 Å². The zero-order valence-electron chi connectivity index (χ0n) is 12.7. The molecule has 2 aromatic carbocycles. The van der Waals surface area contributed by atoms with Crippen molar-refractivity contribution >= 4 is 10.8 Å². The van der Waals surface area contributed by atoms with E-state index in [0.717, 1.165) is 43.7 Å². The molecule has 0 radical (unpaired) electrons. The highest BCUT2D eigenvalue weighted by Crippen LogP contribution is 2.22. The summed E-state index contributed by atoms with van der Waals surface area (Å²) >= 11 is 0. The standard InChI is InChI=1S/C17H23FN2O/c1-20(11-9-19-10-12-21-2)13-14-7-8-17(18)16-6-4-3-5-15(14)16/h3-8,19H,9-13H2,1-2H3. The molecule has 2 rings (SSSR count). The van der Waals surface area contributed by atoms with E-state index < -0.39 is 0 Å². The number of nitrogens with one attached hydrogen (secondary N) is 1. The zero-order valence-corrected chi connectivity index (χ0v) is 12.7. The molecule has 0 aliphatic carbocycles. The summed E-state index contributed by atoms with van der Waals surface area (Å²) in [6.45, 7) is 4.26. The number of rotatable bonds is 8. The maximum atomic E-state index is 13.8. The summed E-state index contributed by atoms with van der Waals surface area (Å²) < 4.78 is 18.8. The van der Waals surface area contributed by atoms with Crippen molar-refractivity contribution < 1.29 is 9.13 Å². The van der Waals surface area contributed by atoms with Gasteiger partial charge in [-0.15, -0.1) is 0 Å². The van der Waals surface area contributed by atoms with Crippen LogP contribution >= 0.6 is 0 Å². The van der Waals surface area contributed by atoms with Crippen molar-refractivity contribution in [3.05, 3.63) is 47.8 Å². The van der Waals surface area contributed by atoms with Gasteiger partial charge in [-0.25, -0.2) is 4.39 Å². The van der Waals surface area contributed by atoms with Crippen LogP contribution in [0.15, 0.2) is 36.4 Å². The number of halogens is 1. The number of hydrogen-bond acceptors (Lipinski definition) is 3. The van der Waals surface area contributed by atoms with Crippen LogP contribution in [0.1, 0.15) is 5.56 Å². The van der Waals surface area contributed by atoms with Gasteiger partial charge in [0.25, 0.3) is 0 Å². The molecule has 2 aromatic rings. The van der Waals surface area contributed by atoms with Crippen LogP contribution < -0.4 is 5.32 Å². The molecule has 0 bridgehead atoms. The van der Waals surface area contributed by atoms with Gasteiger partial charge in [0.1, 0.15) is 5.82 Å². The fourth-order valence-electron chi connectivity index (χ4n) is 2.40. The van der Waals surface area contributed by atoms with Gasteiger partial charge in [-0.3, -0.25) is 0 Å². The number of nitrogens with zero attached hydrogens (tertiary/aromatic N) is 1. The first-order chi connectivity index (χ1) is 10.2. The summed E-state index contributed by atoms with van der Waals surface area (Å²) in [6, 6.07) is 11.1. The summed E-state index contributed by atoms with van der Waals surface area (Å²) in [5.41, 5.74) is 1.16. The van der Waals surface area contributed by atoms with E-state index in [2.05, 4.69) is 17.3 Å². The molecule has 114 valence electrons. The van der Waals surface area contributed by atoms with Crippen LogP contribution in [0.4, 0.5) is 4.39 Å². The summed E-state index contributed by atoms with van der Waals surface area (Å²) in [5, 5.41) is 5.02. The van der Waals surface area contributed by atoms with Crippen molar-refractivity contribution in [1.29, 1.82) is 0 Å². The third-order valence-corrected chi connectivity index (χ3v) is 3.55. The van der Waals surface area contributed by atoms with Crippen LogP contribution in [0.5, 0.6) is 0 Å². The van der Waals surface area contributed by atoms with Crippen LogP contribution in [0.3, 0.4) is 0 Å². The van der Waals surface area contributed by atoms with E-state index in [1.165, 1.54) is 0 Å². The molecular formula is C17H23FN2O. The Bertz CT molecular complexity index is 574. The van der Waals surface area contributed by atoms with Gasteiger partial charge in [-0.2, -0.15) is 0 Å².